The Morgan fingerprint density at radius 1 is 0.533 bits per heavy atom. The van der Waals surface area contributed by atoms with E-state index in [9.17, 15) is 9.59 Å². The number of alkyl halides is 1. The third-order valence-corrected chi connectivity index (χ3v) is 6.70. The molecule has 1 heterocycles. The number of unbranched alkanes of at least 4 members (excludes halogenated alkanes) is 15. The van der Waals surface area contributed by atoms with Crippen molar-refractivity contribution in [2.75, 3.05) is 11.9 Å². The number of halogens is 1. The fourth-order valence-electron chi connectivity index (χ4n) is 4.28. The third kappa shape index (κ3) is 8.91. The van der Waals surface area contributed by atoms with Gasteiger partial charge in [-0.2, -0.15) is 0 Å². The summed E-state index contributed by atoms with van der Waals surface area (Å²) in [4.78, 5) is 26.1. The monoisotopic (exact) mass is 477 g/mol. The number of hydrogen-bond acceptors (Lipinski definition) is 2. The first kappa shape index (κ1) is 25.1. The summed E-state index contributed by atoms with van der Waals surface area (Å²) < 4.78 is 0. The average Bonchev–Trinajstić information content (AvgIpc) is 3.01. The van der Waals surface area contributed by atoms with Crippen molar-refractivity contribution in [3.05, 3.63) is 35.4 Å². The first-order chi connectivity index (χ1) is 14.8. The number of fused-ring (bicyclic) bond motifs is 1. The van der Waals surface area contributed by atoms with Gasteiger partial charge in [0, 0.05) is 11.9 Å². The van der Waals surface area contributed by atoms with Gasteiger partial charge < -0.3 is 0 Å². The van der Waals surface area contributed by atoms with E-state index in [0.29, 0.717) is 17.7 Å². The summed E-state index contributed by atoms with van der Waals surface area (Å²) in [6.45, 7) is 0.558. The molecule has 0 unspecified atom stereocenters. The number of amides is 2. The molecule has 0 saturated heterocycles. The van der Waals surface area contributed by atoms with Gasteiger partial charge in [-0.15, -0.1) is 0 Å². The van der Waals surface area contributed by atoms with E-state index in [0.717, 1.165) is 18.2 Å². The van der Waals surface area contributed by atoms with E-state index in [4.69, 9.17) is 0 Å². The lowest BCUT2D eigenvalue weighted by atomic mass is 10.0. The first-order valence-corrected chi connectivity index (χ1v) is 13.4. The fourth-order valence-corrected chi connectivity index (χ4v) is 4.68. The van der Waals surface area contributed by atoms with Crippen LogP contribution in [0.1, 0.15) is 123 Å². The molecular weight excluding hydrogens is 438 g/mol. The van der Waals surface area contributed by atoms with Crippen molar-refractivity contribution in [1.82, 2.24) is 4.90 Å². The lowest BCUT2D eigenvalue weighted by Crippen LogP contribution is -2.30. The van der Waals surface area contributed by atoms with E-state index in [1.165, 1.54) is 94.8 Å². The van der Waals surface area contributed by atoms with Crippen molar-refractivity contribution in [3.63, 3.8) is 0 Å². The molecule has 0 spiro atoms. The van der Waals surface area contributed by atoms with Crippen LogP contribution in [0.25, 0.3) is 0 Å². The number of carbonyl (C=O) groups is 2. The van der Waals surface area contributed by atoms with Gasteiger partial charge in [0.05, 0.1) is 11.1 Å². The first-order valence-electron chi connectivity index (χ1n) is 12.3. The Hall–Kier alpha value is -1.16. The van der Waals surface area contributed by atoms with Crippen LogP contribution in [-0.2, 0) is 0 Å². The predicted octanol–water partition coefficient (Wildman–Crippen LogP) is 7.92. The van der Waals surface area contributed by atoms with Gasteiger partial charge >= 0.3 is 0 Å². The van der Waals surface area contributed by atoms with Gasteiger partial charge in [-0.3, -0.25) is 14.5 Å². The van der Waals surface area contributed by atoms with Crippen LogP contribution >= 0.6 is 15.9 Å². The molecule has 0 saturated carbocycles. The Morgan fingerprint density at radius 3 is 1.23 bits per heavy atom. The predicted molar refractivity (Wildman–Crippen MR) is 129 cm³/mol. The smallest absolute Gasteiger partial charge is 0.261 e. The molecule has 30 heavy (non-hydrogen) atoms. The largest absolute Gasteiger partial charge is 0.274 e. The summed E-state index contributed by atoms with van der Waals surface area (Å²) in [5.41, 5.74) is 1.13. The Bertz CT molecular complexity index is 596. The van der Waals surface area contributed by atoms with E-state index in [1.54, 1.807) is 12.1 Å². The summed E-state index contributed by atoms with van der Waals surface area (Å²) >= 11 is 3.49. The van der Waals surface area contributed by atoms with E-state index < -0.39 is 0 Å². The number of hydrogen-bond donors (Lipinski definition) is 0. The molecule has 1 aliphatic rings. The number of nitrogens with zero attached hydrogens (tertiary/aromatic N) is 1. The fraction of sp³-hybridized carbons (Fsp3) is 0.692. The van der Waals surface area contributed by atoms with Crippen molar-refractivity contribution < 1.29 is 9.59 Å². The minimum atomic E-state index is -0.120. The summed E-state index contributed by atoms with van der Waals surface area (Å²) in [5.74, 6) is -0.240. The van der Waals surface area contributed by atoms with Crippen molar-refractivity contribution in [2.24, 2.45) is 0 Å². The van der Waals surface area contributed by atoms with Crippen molar-refractivity contribution >= 4 is 27.7 Å². The maximum Gasteiger partial charge on any atom is 0.261 e. The SMILES string of the molecule is O=C1c2ccccc2C(=O)N1CCCCCCCCCCCCCCCCCCBr. The maximum atomic E-state index is 12.3. The van der Waals surface area contributed by atoms with Crippen molar-refractivity contribution in [2.45, 2.75) is 103 Å². The quantitative estimate of drug-likeness (QED) is 0.122. The van der Waals surface area contributed by atoms with Gasteiger partial charge in [0.25, 0.3) is 11.8 Å². The lowest BCUT2D eigenvalue weighted by Gasteiger charge is -2.13. The molecule has 0 bridgehead atoms. The lowest BCUT2D eigenvalue weighted by molar-refractivity contribution is 0.0651. The molecule has 0 N–H and O–H groups in total. The van der Waals surface area contributed by atoms with Crippen LogP contribution in [0.2, 0.25) is 0 Å². The van der Waals surface area contributed by atoms with E-state index >= 15 is 0 Å². The minimum absolute atomic E-state index is 0.120. The summed E-state index contributed by atoms with van der Waals surface area (Å²) in [6, 6.07) is 7.15. The Balaban J connectivity index is 1.35. The van der Waals surface area contributed by atoms with Gasteiger partial charge in [0.15, 0.2) is 0 Å². The van der Waals surface area contributed by atoms with E-state index in [2.05, 4.69) is 15.9 Å². The van der Waals surface area contributed by atoms with Gasteiger partial charge in [-0.25, -0.2) is 0 Å². The zero-order valence-electron chi connectivity index (χ0n) is 18.7. The van der Waals surface area contributed by atoms with Crippen molar-refractivity contribution in [3.8, 4) is 0 Å². The average molecular weight is 479 g/mol. The standard InChI is InChI=1S/C26H40BrNO2/c27-21-17-13-11-9-7-5-3-1-2-4-6-8-10-12-14-18-22-28-25(29)23-19-15-16-20-24(23)26(28)30/h15-16,19-20H,1-14,17-18,21-22H2. The third-order valence-electron chi connectivity index (χ3n) is 6.14. The second-order valence-electron chi connectivity index (χ2n) is 8.65. The molecule has 0 radical (unpaired) electrons. The summed E-state index contributed by atoms with van der Waals surface area (Å²) in [6.07, 6.45) is 21.1. The Morgan fingerprint density at radius 2 is 0.867 bits per heavy atom. The van der Waals surface area contributed by atoms with Gasteiger partial charge in [0.1, 0.15) is 0 Å². The zero-order chi connectivity index (χ0) is 21.4. The van der Waals surface area contributed by atoms with Crippen LogP contribution in [-0.4, -0.2) is 28.6 Å². The molecule has 0 atom stereocenters. The Kier molecular flexibility index (Phi) is 13.1. The van der Waals surface area contributed by atoms with Crippen LogP contribution in [0.5, 0.6) is 0 Å². The molecule has 1 aliphatic heterocycles. The molecule has 1 aromatic rings. The molecule has 3 nitrogen and oxygen atoms in total. The van der Waals surface area contributed by atoms with Gasteiger partial charge in [0.2, 0.25) is 0 Å². The van der Waals surface area contributed by atoms with Crippen LogP contribution in [0.3, 0.4) is 0 Å². The Labute approximate surface area is 192 Å². The summed E-state index contributed by atoms with van der Waals surface area (Å²) in [5, 5.41) is 1.16. The van der Waals surface area contributed by atoms with Crippen LogP contribution in [0.15, 0.2) is 24.3 Å². The molecule has 1 aromatic carbocycles. The molecule has 0 aliphatic carbocycles. The van der Waals surface area contributed by atoms with Gasteiger partial charge in [-0.1, -0.05) is 118 Å². The normalized spacial score (nSPS) is 13.3. The number of imide groups is 1. The number of carbonyl (C=O) groups excluding carboxylic acids is 2. The number of benzene rings is 1. The summed E-state index contributed by atoms with van der Waals surface area (Å²) in [7, 11) is 0. The second-order valence-corrected chi connectivity index (χ2v) is 9.45. The van der Waals surface area contributed by atoms with Gasteiger partial charge in [-0.05, 0) is 25.0 Å². The van der Waals surface area contributed by atoms with Crippen LogP contribution in [0, 0.1) is 0 Å². The maximum absolute atomic E-state index is 12.3. The molecule has 168 valence electrons. The molecule has 2 amide bonds. The highest BCUT2D eigenvalue weighted by Gasteiger charge is 2.34. The molecular formula is C26H40BrNO2. The number of rotatable bonds is 18. The second kappa shape index (κ2) is 15.6. The molecule has 0 aromatic heterocycles. The zero-order valence-corrected chi connectivity index (χ0v) is 20.3. The highest BCUT2D eigenvalue weighted by atomic mass is 79.9. The molecule has 2 rings (SSSR count). The molecule has 4 heteroatoms. The van der Waals surface area contributed by atoms with Crippen molar-refractivity contribution in [1.29, 1.82) is 0 Å². The van der Waals surface area contributed by atoms with E-state index in [-0.39, 0.29) is 11.8 Å². The van der Waals surface area contributed by atoms with Crippen LogP contribution in [0.4, 0.5) is 0 Å². The van der Waals surface area contributed by atoms with E-state index in [1.807, 2.05) is 12.1 Å². The highest BCUT2D eigenvalue weighted by molar-refractivity contribution is 9.09. The minimum Gasteiger partial charge on any atom is -0.274 e. The van der Waals surface area contributed by atoms with Crippen LogP contribution < -0.4 is 0 Å². The highest BCUT2D eigenvalue weighted by Crippen LogP contribution is 2.23. The molecule has 0 fully saturated rings. The topological polar surface area (TPSA) is 37.4 Å².